The van der Waals surface area contributed by atoms with E-state index in [1.807, 2.05) is 24.3 Å². The summed E-state index contributed by atoms with van der Waals surface area (Å²) in [6, 6.07) is 15.2. The molecule has 4 nitrogen and oxygen atoms in total. The van der Waals surface area contributed by atoms with Crippen molar-refractivity contribution in [1.82, 2.24) is 14.6 Å². The van der Waals surface area contributed by atoms with Gasteiger partial charge >= 0.3 is 0 Å². The Labute approximate surface area is 134 Å². The maximum Gasteiger partial charge on any atom is 0.265 e. The lowest BCUT2D eigenvalue weighted by Crippen LogP contribution is -2.14. The van der Waals surface area contributed by atoms with Gasteiger partial charge in [-0.15, -0.1) is 10.2 Å². The maximum atomic E-state index is 13.0. The average molecular weight is 323 g/mol. The average Bonchev–Trinajstić information content (AvgIpc) is 3.06. The monoisotopic (exact) mass is 323 g/mol. The Morgan fingerprint density at radius 3 is 2.52 bits per heavy atom. The summed E-state index contributed by atoms with van der Waals surface area (Å²) in [7, 11) is 0. The number of pyridine rings is 2. The van der Waals surface area contributed by atoms with E-state index in [1.165, 1.54) is 23.5 Å². The number of rotatable bonds is 2. The molecule has 1 aromatic carbocycles. The van der Waals surface area contributed by atoms with Crippen molar-refractivity contribution in [2.75, 3.05) is 0 Å². The number of fused-ring (bicyclic) bond motifs is 1. The van der Waals surface area contributed by atoms with Crippen LogP contribution >= 0.6 is 11.3 Å². The molecule has 6 heteroatoms. The minimum atomic E-state index is -0.300. The number of halogens is 1. The first-order valence-corrected chi connectivity index (χ1v) is 7.74. The number of aromatic nitrogens is 3. The zero-order chi connectivity index (χ0) is 15.8. The summed E-state index contributed by atoms with van der Waals surface area (Å²) in [5.74, 6) is -0.300. The highest BCUT2D eigenvalue weighted by Gasteiger charge is 2.13. The van der Waals surface area contributed by atoms with Crippen LogP contribution in [0.25, 0.3) is 26.7 Å². The lowest BCUT2D eigenvalue weighted by Gasteiger charge is -2.01. The zero-order valence-corrected chi connectivity index (χ0v) is 12.6. The smallest absolute Gasteiger partial charge is 0.265 e. The molecular formula is C17H10FN3OS. The fourth-order valence-corrected chi connectivity index (χ4v) is 3.22. The lowest BCUT2D eigenvalue weighted by atomic mass is 10.2. The molecule has 0 radical (unpaired) electrons. The quantitative estimate of drug-likeness (QED) is 0.566. The second kappa shape index (κ2) is 5.40. The Morgan fingerprint density at radius 1 is 0.913 bits per heavy atom. The van der Waals surface area contributed by atoms with Gasteiger partial charge in [0, 0.05) is 17.3 Å². The van der Waals surface area contributed by atoms with Crippen molar-refractivity contribution >= 4 is 16.9 Å². The van der Waals surface area contributed by atoms with Gasteiger partial charge in [0.25, 0.3) is 5.56 Å². The molecule has 0 saturated heterocycles. The van der Waals surface area contributed by atoms with Crippen molar-refractivity contribution < 1.29 is 4.39 Å². The summed E-state index contributed by atoms with van der Waals surface area (Å²) in [5, 5.41) is 9.43. The number of hydrogen-bond acceptors (Lipinski definition) is 4. The minimum Gasteiger partial charge on any atom is -0.284 e. The van der Waals surface area contributed by atoms with Gasteiger partial charge in [0.2, 0.25) is 0 Å². The summed E-state index contributed by atoms with van der Waals surface area (Å²) >= 11 is 1.31. The van der Waals surface area contributed by atoms with Crippen LogP contribution in [0.1, 0.15) is 0 Å². The highest BCUT2D eigenvalue weighted by atomic mass is 32.1. The molecule has 112 valence electrons. The number of nitrogens with zero attached hydrogens (tertiary/aromatic N) is 3. The number of benzene rings is 1. The van der Waals surface area contributed by atoms with Crippen molar-refractivity contribution in [2.24, 2.45) is 0 Å². The van der Waals surface area contributed by atoms with E-state index in [9.17, 15) is 9.18 Å². The van der Waals surface area contributed by atoms with E-state index in [0.717, 1.165) is 11.1 Å². The molecular weight excluding hydrogens is 313 g/mol. The highest BCUT2D eigenvalue weighted by Crippen LogP contribution is 2.28. The van der Waals surface area contributed by atoms with Crippen molar-refractivity contribution in [1.29, 1.82) is 0 Å². The predicted octanol–water partition coefficient (Wildman–Crippen LogP) is 3.62. The Balaban J connectivity index is 1.82. The zero-order valence-electron chi connectivity index (χ0n) is 11.8. The molecule has 0 aliphatic rings. The molecule has 0 N–H and O–H groups in total. The second-order valence-electron chi connectivity index (χ2n) is 4.97. The Morgan fingerprint density at radius 2 is 1.70 bits per heavy atom. The van der Waals surface area contributed by atoms with Gasteiger partial charge in [-0.2, -0.15) is 0 Å². The maximum absolute atomic E-state index is 13.0. The van der Waals surface area contributed by atoms with Crippen LogP contribution < -0.4 is 5.56 Å². The third kappa shape index (κ3) is 2.43. The van der Waals surface area contributed by atoms with E-state index < -0.39 is 0 Å². The van der Waals surface area contributed by atoms with E-state index in [-0.39, 0.29) is 11.4 Å². The van der Waals surface area contributed by atoms with E-state index in [4.69, 9.17) is 0 Å². The largest absolute Gasteiger partial charge is 0.284 e. The molecule has 0 fully saturated rings. The van der Waals surface area contributed by atoms with Gasteiger partial charge in [-0.05, 0) is 48.5 Å². The van der Waals surface area contributed by atoms with E-state index >= 15 is 0 Å². The summed E-state index contributed by atoms with van der Waals surface area (Å²) in [6.45, 7) is 0. The summed E-state index contributed by atoms with van der Waals surface area (Å²) in [4.78, 5) is 12.6. The fourth-order valence-electron chi connectivity index (χ4n) is 2.35. The van der Waals surface area contributed by atoms with Crippen molar-refractivity contribution in [3.63, 3.8) is 0 Å². The van der Waals surface area contributed by atoms with Crippen molar-refractivity contribution in [2.45, 2.75) is 0 Å². The highest BCUT2D eigenvalue weighted by molar-refractivity contribution is 7.17. The first-order valence-electron chi connectivity index (χ1n) is 6.92. The molecule has 4 aromatic rings. The van der Waals surface area contributed by atoms with Gasteiger partial charge in [-0.25, -0.2) is 4.39 Å². The molecule has 0 atom stereocenters. The summed E-state index contributed by atoms with van der Waals surface area (Å²) in [6.07, 6.45) is 1.73. The first kappa shape index (κ1) is 13.8. The molecule has 0 unspecified atom stereocenters. The molecule has 4 rings (SSSR count). The van der Waals surface area contributed by atoms with Crippen molar-refractivity contribution in [3.8, 4) is 21.1 Å². The topological polar surface area (TPSA) is 47.3 Å². The molecule has 3 aromatic heterocycles. The molecule has 0 saturated carbocycles. The van der Waals surface area contributed by atoms with Crippen molar-refractivity contribution in [3.05, 3.63) is 77.0 Å². The van der Waals surface area contributed by atoms with Gasteiger partial charge in [-0.1, -0.05) is 17.4 Å². The second-order valence-corrected chi connectivity index (χ2v) is 5.94. The summed E-state index contributed by atoms with van der Waals surface area (Å²) in [5.41, 5.74) is 1.96. The molecule has 0 spiro atoms. The summed E-state index contributed by atoms with van der Waals surface area (Å²) < 4.78 is 14.6. The molecule has 0 bridgehead atoms. The van der Waals surface area contributed by atoms with E-state index in [0.29, 0.717) is 15.6 Å². The van der Waals surface area contributed by atoms with E-state index in [2.05, 4.69) is 10.2 Å². The molecule has 0 amide bonds. The molecule has 0 aliphatic heterocycles. The Hall–Kier alpha value is -2.86. The lowest BCUT2D eigenvalue weighted by molar-refractivity contribution is 0.628. The van der Waals surface area contributed by atoms with Crippen LogP contribution in [0.15, 0.2) is 65.6 Å². The van der Waals surface area contributed by atoms with Crippen LogP contribution in [0.4, 0.5) is 4.39 Å². The first-order chi connectivity index (χ1) is 11.2. The van der Waals surface area contributed by atoms with Crippen LogP contribution in [0.2, 0.25) is 0 Å². The molecule has 23 heavy (non-hydrogen) atoms. The SMILES string of the molecule is O=c1c(-c2nnc(-c3ccc(F)cc3)s2)ccc2ccccn12. The van der Waals surface area contributed by atoms with Crippen LogP contribution in [0, 0.1) is 5.82 Å². The van der Waals surface area contributed by atoms with Gasteiger partial charge in [0.05, 0.1) is 5.56 Å². The Kier molecular flexibility index (Phi) is 3.24. The van der Waals surface area contributed by atoms with Crippen LogP contribution in [0.3, 0.4) is 0 Å². The van der Waals surface area contributed by atoms with E-state index in [1.54, 1.807) is 28.8 Å². The van der Waals surface area contributed by atoms with Gasteiger partial charge in [0.1, 0.15) is 10.8 Å². The normalized spacial score (nSPS) is 11.0. The fraction of sp³-hybridized carbons (Fsp3) is 0. The third-order valence-corrected chi connectivity index (χ3v) is 4.51. The molecule has 3 heterocycles. The molecule has 0 aliphatic carbocycles. The van der Waals surface area contributed by atoms with Crippen LogP contribution in [-0.2, 0) is 0 Å². The number of hydrogen-bond donors (Lipinski definition) is 0. The van der Waals surface area contributed by atoms with Gasteiger partial charge in [0.15, 0.2) is 5.01 Å². The van der Waals surface area contributed by atoms with Crippen LogP contribution in [-0.4, -0.2) is 14.6 Å². The minimum absolute atomic E-state index is 0.134. The standard InChI is InChI=1S/C17H10FN3OS/c18-12-6-4-11(5-7-12)15-19-20-16(23-15)14-9-8-13-3-1-2-10-21(13)17(14)22/h1-10H. The third-order valence-electron chi connectivity index (χ3n) is 3.51. The predicted molar refractivity (Wildman–Crippen MR) is 88.0 cm³/mol. The van der Waals surface area contributed by atoms with Crippen LogP contribution in [0.5, 0.6) is 0 Å². The van der Waals surface area contributed by atoms with Gasteiger partial charge < -0.3 is 0 Å². The Bertz CT molecular complexity index is 1050. The van der Waals surface area contributed by atoms with Gasteiger partial charge in [-0.3, -0.25) is 9.20 Å².